The van der Waals surface area contributed by atoms with E-state index >= 15 is 0 Å². The number of ether oxygens (including phenoxy) is 1. The molecule has 1 aromatic heterocycles. The summed E-state index contributed by atoms with van der Waals surface area (Å²) >= 11 is 0. The minimum atomic E-state index is -0.0292. The molecule has 2 heterocycles. The van der Waals surface area contributed by atoms with E-state index in [2.05, 4.69) is 42.1 Å². The molecule has 0 radical (unpaired) electrons. The van der Waals surface area contributed by atoms with Gasteiger partial charge in [-0.2, -0.15) is 0 Å². The average molecular weight is 453 g/mol. The zero-order valence-electron chi connectivity index (χ0n) is 19.7. The number of carbonyl (C=O) groups excluding carboxylic acids is 1. The molecule has 8 heteroatoms. The van der Waals surface area contributed by atoms with Crippen molar-refractivity contribution in [3.63, 3.8) is 0 Å². The van der Waals surface area contributed by atoms with Gasteiger partial charge >= 0.3 is 0 Å². The van der Waals surface area contributed by atoms with Crippen molar-refractivity contribution in [2.75, 3.05) is 33.3 Å². The molecule has 2 aliphatic carbocycles. The maximum absolute atomic E-state index is 13.1. The van der Waals surface area contributed by atoms with E-state index in [9.17, 15) is 4.79 Å². The summed E-state index contributed by atoms with van der Waals surface area (Å²) in [6.07, 6.45) is 10.5. The molecule has 178 valence electrons. The molecule has 0 spiro atoms. The van der Waals surface area contributed by atoms with Crippen LogP contribution in [0.5, 0.6) is 5.75 Å². The predicted molar refractivity (Wildman–Crippen MR) is 125 cm³/mol. The fourth-order valence-electron chi connectivity index (χ4n) is 5.91. The second-order valence-electron chi connectivity index (χ2n) is 9.79. The molecule has 0 bridgehead atoms. The topological polar surface area (TPSA) is 76.4 Å². The van der Waals surface area contributed by atoms with Gasteiger partial charge in [0.1, 0.15) is 5.75 Å². The third-order valence-corrected chi connectivity index (χ3v) is 7.81. The van der Waals surface area contributed by atoms with Gasteiger partial charge in [0.15, 0.2) is 5.82 Å². The summed E-state index contributed by atoms with van der Waals surface area (Å²) in [7, 11) is 1.69. The number of piperazine rings is 1. The Labute approximate surface area is 196 Å². The van der Waals surface area contributed by atoms with Gasteiger partial charge in [0.05, 0.1) is 19.2 Å². The molecule has 2 saturated carbocycles. The van der Waals surface area contributed by atoms with Crippen molar-refractivity contribution in [2.45, 2.75) is 69.9 Å². The monoisotopic (exact) mass is 452 g/mol. The first kappa shape index (κ1) is 22.3. The highest BCUT2D eigenvalue weighted by molar-refractivity contribution is 5.79. The quantitative estimate of drug-likeness (QED) is 0.666. The van der Waals surface area contributed by atoms with Gasteiger partial charge in [-0.3, -0.25) is 9.69 Å². The molecule has 1 atom stereocenters. The van der Waals surface area contributed by atoms with Gasteiger partial charge in [-0.25, -0.2) is 4.68 Å². The van der Waals surface area contributed by atoms with Crippen molar-refractivity contribution in [3.8, 4) is 5.75 Å². The molecule has 0 N–H and O–H groups in total. The van der Waals surface area contributed by atoms with Gasteiger partial charge in [-0.1, -0.05) is 44.2 Å². The SMILES string of the molecule is COc1ccc(C(c2nnnn2C2CCCC2)N2CCN(C(=O)C3CCCCC3)CC2)cc1. The Balaban J connectivity index is 1.36. The van der Waals surface area contributed by atoms with Crippen LogP contribution in [0.4, 0.5) is 0 Å². The van der Waals surface area contributed by atoms with Crippen LogP contribution < -0.4 is 4.74 Å². The molecule has 1 amide bonds. The molecule has 5 rings (SSSR count). The molecule has 8 nitrogen and oxygen atoms in total. The minimum Gasteiger partial charge on any atom is -0.497 e. The van der Waals surface area contributed by atoms with E-state index in [4.69, 9.17) is 4.74 Å². The lowest BCUT2D eigenvalue weighted by Crippen LogP contribution is -2.51. The van der Waals surface area contributed by atoms with E-state index in [-0.39, 0.29) is 12.0 Å². The third kappa shape index (κ3) is 4.76. The van der Waals surface area contributed by atoms with Crippen molar-refractivity contribution < 1.29 is 9.53 Å². The molecule has 1 saturated heterocycles. The van der Waals surface area contributed by atoms with E-state index in [1.807, 2.05) is 12.1 Å². The lowest BCUT2D eigenvalue weighted by Gasteiger charge is -2.40. The highest BCUT2D eigenvalue weighted by Gasteiger charge is 2.35. The fourth-order valence-corrected chi connectivity index (χ4v) is 5.91. The molecular weight excluding hydrogens is 416 g/mol. The van der Waals surface area contributed by atoms with Gasteiger partial charge < -0.3 is 9.64 Å². The number of amides is 1. The van der Waals surface area contributed by atoms with Gasteiger partial charge in [-0.05, 0) is 53.8 Å². The zero-order chi connectivity index (χ0) is 22.6. The van der Waals surface area contributed by atoms with Gasteiger partial charge in [0.25, 0.3) is 0 Å². The first-order valence-corrected chi connectivity index (χ1v) is 12.7. The Morgan fingerprint density at radius 2 is 1.61 bits per heavy atom. The highest BCUT2D eigenvalue weighted by Crippen LogP contribution is 2.35. The van der Waals surface area contributed by atoms with Crippen molar-refractivity contribution in [1.29, 1.82) is 0 Å². The summed E-state index contributed by atoms with van der Waals surface area (Å²) in [5.41, 5.74) is 1.16. The van der Waals surface area contributed by atoms with Crippen molar-refractivity contribution in [2.24, 2.45) is 5.92 Å². The molecule has 1 unspecified atom stereocenters. The summed E-state index contributed by atoms with van der Waals surface area (Å²) in [5, 5.41) is 13.0. The Hall–Kier alpha value is -2.48. The molecule has 1 aromatic carbocycles. The van der Waals surface area contributed by atoms with Crippen LogP contribution >= 0.6 is 0 Å². The van der Waals surface area contributed by atoms with Crippen LogP contribution in [-0.4, -0.2) is 69.2 Å². The number of benzene rings is 1. The van der Waals surface area contributed by atoms with Crippen LogP contribution in [0.3, 0.4) is 0 Å². The summed E-state index contributed by atoms with van der Waals surface area (Å²) in [6.45, 7) is 3.19. The third-order valence-electron chi connectivity index (χ3n) is 7.81. The predicted octanol–water partition coefficient (Wildman–Crippen LogP) is 3.61. The van der Waals surface area contributed by atoms with Crippen molar-refractivity contribution >= 4 is 5.91 Å². The number of carbonyl (C=O) groups is 1. The second kappa shape index (κ2) is 10.2. The largest absolute Gasteiger partial charge is 0.497 e. The van der Waals surface area contributed by atoms with E-state index in [0.29, 0.717) is 11.9 Å². The number of hydrogen-bond acceptors (Lipinski definition) is 6. The number of hydrogen-bond donors (Lipinski definition) is 0. The summed E-state index contributed by atoms with van der Waals surface area (Å²) in [6, 6.07) is 8.61. The van der Waals surface area contributed by atoms with Crippen LogP contribution in [0, 0.1) is 5.92 Å². The fraction of sp³-hybridized carbons (Fsp3) is 0.680. The lowest BCUT2D eigenvalue weighted by molar-refractivity contribution is -0.138. The molecule has 3 fully saturated rings. The Morgan fingerprint density at radius 1 is 0.939 bits per heavy atom. The van der Waals surface area contributed by atoms with Gasteiger partial charge in [0, 0.05) is 32.1 Å². The first-order chi connectivity index (χ1) is 16.2. The molecule has 2 aromatic rings. The normalized spacial score (nSPS) is 21.9. The Kier molecular flexibility index (Phi) is 6.90. The maximum atomic E-state index is 13.1. The Morgan fingerprint density at radius 3 is 2.27 bits per heavy atom. The van der Waals surface area contributed by atoms with Crippen LogP contribution in [0.25, 0.3) is 0 Å². The maximum Gasteiger partial charge on any atom is 0.225 e. The van der Waals surface area contributed by atoms with Crippen LogP contribution in [0.2, 0.25) is 0 Å². The van der Waals surface area contributed by atoms with E-state index in [0.717, 1.165) is 69.0 Å². The number of tetrazole rings is 1. The standard InChI is InChI=1S/C25H36N6O2/c1-33-22-13-11-19(12-14-22)23(24-26-27-28-31(24)21-9-5-6-10-21)29-15-17-30(18-16-29)25(32)20-7-3-2-4-8-20/h11-14,20-21,23H,2-10,15-18H2,1H3. The number of aromatic nitrogens is 4. The molecule has 1 aliphatic heterocycles. The van der Waals surface area contributed by atoms with Crippen molar-refractivity contribution in [1.82, 2.24) is 30.0 Å². The van der Waals surface area contributed by atoms with E-state index in [1.165, 1.54) is 32.1 Å². The average Bonchev–Trinajstić information content (AvgIpc) is 3.58. The van der Waals surface area contributed by atoms with Crippen LogP contribution in [0.15, 0.2) is 24.3 Å². The first-order valence-electron chi connectivity index (χ1n) is 12.7. The smallest absolute Gasteiger partial charge is 0.225 e. The van der Waals surface area contributed by atoms with E-state index in [1.54, 1.807) is 7.11 Å². The summed E-state index contributed by atoms with van der Waals surface area (Å²) in [4.78, 5) is 17.6. The van der Waals surface area contributed by atoms with Gasteiger partial charge in [-0.15, -0.1) is 5.10 Å². The summed E-state index contributed by atoms with van der Waals surface area (Å²) < 4.78 is 7.46. The van der Waals surface area contributed by atoms with Crippen LogP contribution in [0.1, 0.15) is 81.3 Å². The zero-order valence-corrected chi connectivity index (χ0v) is 19.7. The number of nitrogens with zero attached hydrogens (tertiary/aromatic N) is 6. The van der Waals surface area contributed by atoms with Gasteiger partial charge in [0.2, 0.25) is 5.91 Å². The van der Waals surface area contributed by atoms with E-state index < -0.39 is 0 Å². The van der Waals surface area contributed by atoms with Crippen LogP contribution in [-0.2, 0) is 4.79 Å². The summed E-state index contributed by atoms with van der Waals surface area (Å²) in [5.74, 6) is 2.36. The number of methoxy groups -OCH3 is 1. The number of rotatable bonds is 6. The minimum absolute atomic E-state index is 0.0292. The molecule has 3 aliphatic rings. The van der Waals surface area contributed by atoms with Crippen molar-refractivity contribution in [3.05, 3.63) is 35.7 Å². The Bertz CT molecular complexity index is 909. The lowest BCUT2D eigenvalue weighted by atomic mass is 9.88. The highest BCUT2D eigenvalue weighted by atomic mass is 16.5. The molecule has 33 heavy (non-hydrogen) atoms. The second-order valence-corrected chi connectivity index (χ2v) is 9.79. The molecular formula is C25H36N6O2.